The fraction of sp³-hybridized carbons (Fsp3) is 0.955. The average Bonchev–Trinajstić information content (AvgIpc) is 2.60. The first-order valence-electron chi connectivity index (χ1n) is 11.4. The van der Waals surface area contributed by atoms with E-state index in [1.54, 1.807) is 0 Å². The molecule has 0 aromatic heterocycles. The summed E-state index contributed by atoms with van der Waals surface area (Å²) in [7, 11) is 0. The third kappa shape index (κ3) is 14.0. The zero-order valence-electron chi connectivity index (χ0n) is 17.8. The van der Waals surface area contributed by atoms with Crippen molar-refractivity contribution in [2.45, 2.75) is 131 Å². The minimum absolute atomic E-state index is 0.108. The van der Waals surface area contributed by atoms with E-state index < -0.39 is 18.8 Å². The Balaban J connectivity index is 4.37. The average molecular weight is 461 g/mol. The SMILES string of the molecule is CCCCCCC[CH2][Sn]([CH2]C)([CH2]CCCCCCC)[O]C(=O)CCC. The van der Waals surface area contributed by atoms with Crippen molar-refractivity contribution in [2.75, 3.05) is 0 Å². The van der Waals surface area contributed by atoms with Gasteiger partial charge >= 0.3 is 164 Å². The van der Waals surface area contributed by atoms with Crippen LogP contribution in [0.2, 0.25) is 13.3 Å². The minimum atomic E-state index is -2.71. The molecule has 2 nitrogen and oxygen atoms in total. The van der Waals surface area contributed by atoms with Gasteiger partial charge in [-0.1, -0.05) is 0 Å². The Morgan fingerprint density at radius 2 is 1.08 bits per heavy atom. The molecule has 0 atom stereocenters. The predicted octanol–water partition coefficient (Wildman–Crippen LogP) is 8.02. The quantitative estimate of drug-likeness (QED) is 0.153. The standard InChI is InChI=1S/2C8H17.C4H8O2.C2H5.Sn/c2*1-3-5-7-8-6-4-2;1-2-3-4(5)6;1-2;/h2*1,3-8H2,2H3;2-3H2,1H3,(H,5,6);1H2,2H3;/q;;;;+1/p-1. The van der Waals surface area contributed by atoms with Gasteiger partial charge in [0, 0.05) is 0 Å². The molecule has 0 saturated carbocycles. The van der Waals surface area contributed by atoms with Crippen molar-refractivity contribution in [2.24, 2.45) is 0 Å². The van der Waals surface area contributed by atoms with E-state index in [4.69, 9.17) is 3.07 Å². The molecule has 0 fully saturated rings. The van der Waals surface area contributed by atoms with E-state index >= 15 is 0 Å². The van der Waals surface area contributed by atoms with Crippen molar-refractivity contribution in [1.29, 1.82) is 0 Å². The molecule has 0 bridgehead atoms. The Bertz CT molecular complexity index is 288. The summed E-state index contributed by atoms with van der Waals surface area (Å²) in [6.07, 6.45) is 17.6. The fourth-order valence-corrected chi connectivity index (χ4v) is 14.1. The van der Waals surface area contributed by atoms with Crippen molar-refractivity contribution in [1.82, 2.24) is 0 Å². The van der Waals surface area contributed by atoms with Crippen LogP contribution in [-0.2, 0) is 7.87 Å². The van der Waals surface area contributed by atoms with Crippen LogP contribution in [0.25, 0.3) is 0 Å². The topological polar surface area (TPSA) is 26.3 Å². The Labute approximate surface area is 163 Å². The number of unbranched alkanes of at least 4 members (excludes halogenated alkanes) is 10. The van der Waals surface area contributed by atoms with Gasteiger partial charge in [-0.25, -0.2) is 0 Å². The summed E-state index contributed by atoms with van der Waals surface area (Å²) in [5, 5.41) is 0. The zero-order chi connectivity index (χ0) is 18.8. The molecule has 0 spiro atoms. The van der Waals surface area contributed by atoms with Crippen LogP contribution in [0.15, 0.2) is 0 Å². The summed E-state index contributed by atoms with van der Waals surface area (Å²) in [6.45, 7) is 8.91. The van der Waals surface area contributed by atoms with Gasteiger partial charge in [-0.2, -0.15) is 0 Å². The second-order valence-electron chi connectivity index (χ2n) is 7.80. The van der Waals surface area contributed by atoms with E-state index in [1.807, 2.05) is 0 Å². The Hall–Kier alpha value is 0.269. The van der Waals surface area contributed by atoms with Crippen molar-refractivity contribution in [3.05, 3.63) is 0 Å². The van der Waals surface area contributed by atoms with Crippen molar-refractivity contribution in [3.63, 3.8) is 0 Å². The number of hydrogen-bond donors (Lipinski definition) is 0. The summed E-state index contributed by atoms with van der Waals surface area (Å²) in [6, 6.07) is 0. The third-order valence-corrected chi connectivity index (χ3v) is 18.2. The Kier molecular flexibility index (Phi) is 17.9. The first kappa shape index (κ1) is 25.3. The Morgan fingerprint density at radius 1 is 0.640 bits per heavy atom. The first-order chi connectivity index (χ1) is 12.1. The molecule has 0 aromatic carbocycles. The summed E-state index contributed by atoms with van der Waals surface area (Å²) < 4.78 is 9.96. The van der Waals surface area contributed by atoms with Gasteiger partial charge in [0.1, 0.15) is 0 Å². The molecule has 0 aliphatic rings. The van der Waals surface area contributed by atoms with Crippen LogP contribution in [-0.4, -0.2) is 24.8 Å². The molecule has 0 aliphatic heterocycles. The number of rotatable bonds is 18. The molecule has 0 rings (SSSR count). The molecule has 0 aromatic rings. The summed E-state index contributed by atoms with van der Waals surface area (Å²) in [5.74, 6) is 0.108. The molecule has 0 saturated heterocycles. The van der Waals surface area contributed by atoms with Gasteiger partial charge < -0.3 is 0 Å². The van der Waals surface area contributed by atoms with E-state index in [2.05, 4.69) is 27.7 Å². The number of carbonyl (C=O) groups excluding carboxylic acids is 1. The van der Waals surface area contributed by atoms with Crippen molar-refractivity contribution >= 4 is 24.8 Å². The van der Waals surface area contributed by atoms with Crippen LogP contribution >= 0.6 is 0 Å². The van der Waals surface area contributed by atoms with Gasteiger partial charge in [0.05, 0.1) is 0 Å². The van der Waals surface area contributed by atoms with Gasteiger partial charge in [-0.15, -0.1) is 0 Å². The van der Waals surface area contributed by atoms with Gasteiger partial charge in [-0.3, -0.25) is 0 Å². The number of carbonyl (C=O) groups is 1. The van der Waals surface area contributed by atoms with Crippen LogP contribution < -0.4 is 0 Å². The first-order valence-corrected chi connectivity index (χ1v) is 18.6. The van der Waals surface area contributed by atoms with Crippen LogP contribution in [0.3, 0.4) is 0 Å². The van der Waals surface area contributed by atoms with E-state index in [1.165, 1.54) is 90.4 Å². The normalized spacial score (nSPS) is 11.7. The van der Waals surface area contributed by atoms with Crippen LogP contribution in [0, 0.1) is 0 Å². The molecule has 0 radical (unpaired) electrons. The summed E-state index contributed by atoms with van der Waals surface area (Å²) >= 11 is -2.71. The second-order valence-corrected chi connectivity index (χ2v) is 20.0. The van der Waals surface area contributed by atoms with Crippen LogP contribution in [0.5, 0.6) is 0 Å². The maximum atomic E-state index is 12.2. The molecular weight excluding hydrogens is 415 g/mol. The number of hydrogen-bond acceptors (Lipinski definition) is 2. The monoisotopic (exact) mass is 462 g/mol. The van der Waals surface area contributed by atoms with E-state index in [-0.39, 0.29) is 5.97 Å². The molecular formula is C22H46O2Sn. The Morgan fingerprint density at radius 3 is 1.48 bits per heavy atom. The predicted molar refractivity (Wildman–Crippen MR) is 114 cm³/mol. The zero-order valence-corrected chi connectivity index (χ0v) is 20.7. The molecule has 150 valence electrons. The summed E-state index contributed by atoms with van der Waals surface area (Å²) in [4.78, 5) is 12.2. The van der Waals surface area contributed by atoms with E-state index in [0.717, 1.165) is 6.42 Å². The van der Waals surface area contributed by atoms with Gasteiger partial charge in [0.15, 0.2) is 0 Å². The van der Waals surface area contributed by atoms with Crippen LogP contribution in [0.1, 0.15) is 118 Å². The second kappa shape index (κ2) is 17.7. The molecule has 0 heterocycles. The fourth-order valence-electron chi connectivity index (χ4n) is 3.60. The maximum absolute atomic E-state index is 12.2. The van der Waals surface area contributed by atoms with Crippen molar-refractivity contribution < 1.29 is 7.87 Å². The molecule has 0 N–H and O–H groups in total. The molecule has 3 heteroatoms. The van der Waals surface area contributed by atoms with Gasteiger partial charge in [0.25, 0.3) is 0 Å². The van der Waals surface area contributed by atoms with E-state index in [9.17, 15) is 4.79 Å². The molecule has 25 heavy (non-hydrogen) atoms. The van der Waals surface area contributed by atoms with Gasteiger partial charge in [-0.05, 0) is 0 Å². The molecule has 0 unspecified atom stereocenters. The van der Waals surface area contributed by atoms with Crippen molar-refractivity contribution in [3.8, 4) is 0 Å². The third-order valence-electron chi connectivity index (χ3n) is 5.40. The van der Waals surface area contributed by atoms with Crippen LogP contribution in [0.4, 0.5) is 0 Å². The van der Waals surface area contributed by atoms with Gasteiger partial charge in [0.2, 0.25) is 0 Å². The summed E-state index contributed by atoms with van der Waals surface area (Å²) in [5.41, 5.74) is 0. The van der Waals surface area contributed by atoms with E-state index in [0.29, 0.717) is 6.42 Å². The molecule has 0 aliphatic carbocycles. The molecule has 0 amide bonds.